The van der Waals surface area contributed by atoms with Gasteiger partial charge in [-0.05, 0) is 25.0 Å². The third kappa shape index (κ3) is 2.34. The van der Waals surface area contributed by atoms with E-state index in [0.717, 1.165) is 32.1 Å². The molecule has 0 atom stereocenters. The van der Waals surface area contributed by atoms with E-state index in [0.29, 0.717) is 11.1 Å². The summed E-state index contributed by atoms with van der Waals surface area (Å²) in [4.78, 5) is 0. The largest absolute Gasteiger partial charge is 0.508 e. The van der Waals surface area contributed by atoms with Crippen LogP contribution in [0.3, 0.4) is 0 Å². The Morgan fingerprint density at radius 2 is 1.09 bits per heavy atom. The maximum Gasteiger partial charge on any atom is 0.123 e. The first-order valence-corrected chi connectivity index (χ1v) is 7.58. The Morgan fingerprint density at radius 3 is 1.50 bits per heavy atom. The molecule has 2 aromatic rings. The van der Waals surface area contributed by atoms with Crippen molar-refractivity contribution >= 4 is 0 Å². The predicted octanol–water partition coefficient (Wildman–Crippen LogP) is 3.76. The van der Waals surface area contributed by atoms with Gasteiger partial charge in [0.2, 0.25) is 0 Å². The first kappa shape index (κ1) is 14.6. The minimum atomic E-state index is -0.492. The van der Waals surface area contributed by atoms with E-state index in [1.54, 1.807) is 24.3 Å². The van der Waals surface area contributed by atoms with Crippen LogP contribution in [0.2, 0.25) is 0 Å². The lowest BCUT2D eigenvalue weighted by molar-refractivity contribution is 0.320. The Kier molecular flexibility index (Phi) is 3.61. The summed E-state index contributed by atoms with van der Waals surface area (Å²) >= 11 is 0. The normalized spacial score (nSPS) is 17.3. The SMILES string of the molecule is Oc1ccc(C2(c3ccc(O)cc3O)CCCCC2)c(O)c1. The summed E-state index contributed by atoms with van der Waals surface area (Å²) < 4.78 is 0. The molecule has 0 aliphatic heterocycles. The highest BCUT2D eigenvalue weighted by molar-refractivity contribution is 5.54. The van der Waals surface area contributed by atoms with E-state index >= 15 is 0 Å². The van der Waals surface area contributed by atoms with Crippen molar-refractivity contribution in [3.63, 3.8) is 0 Å². The van der Waals surface area contributed by atoms with Gasteiger partial charge >= 0.3 is 0 Å². The molecule has 0 unspecified atom stereocenters. The van der Waals surface area contributed by atoms with Crippen LogP contribution < -0.4 is 0 Å². The highest BCUT2D eigenvalue weighted by atomic mass is 16.3. The van der Waals surface area contributed by atoms with Crippen LogP contribution >= 0.6 is 0 Å². The van der Waals surface area contributed by atoms with Crippen molar-refractivity contribution in [1.29, 1.82) is 0 Å². The summed E-state index contributed by atoms with van der Waals surface area (Å²) in [5.41, 5.74) is 0.936. The highest BCUT2D eigenvalue weighted by Gasteiger charge is 2.39. The van der Waals surface area contributed by atoms with Crippen LogP contribution in [0.15, 0.2) is 36.4 Å². The summed E-state index contributed by atoms with van der Waals surface area (Å²) in [5, 5.41) is 39.7. The molecule has 116 valence electrons. The smallest absolute Gasteiger partial charge is 0.123 e. The van der Waals surface area contributed by atoms with E-state index in [-0.39, 0.29) is 23.0 Å². The van der Waals surface area contributed by atoms with Crippen LogP contribution in [0.1, 0.15) is 43.2 Å². The molecule has 0 bridgehead atoms. The second-order valence-electron chi connectivity index (χ2n) is 6.05. The fraction of sp³-hybridized carbons (Fsp3) is 0.333. The van der Waals surface area contributed by atoms with Gasteiger partial charge in [-0.2, -0.15) is 0 Å². The van der Waals surface area contributed by atoms with Crippen molar-refractivity contribution in [3.05, 3.63) is 47.5 Å². The third-order valence-corrected chi connectivity index (χ3v) is 4.70. The van der Waals surface area contributed by atoms with E-state index < -0.39 is 5.41 Å². The van der Waals surface area contributed by atoms with Gasteiger partial charge < -0.3 is 20.4 Å². The van der Waals surface area contributed by atoms with Gasteiger partial charge in [0.1, 0.15) is 23.0 Å². The molecule has 4 nitrogen and oxygen atoms in total. The van der Waals surface area contributed by atoms with E-state index in [1.165, 1.54) is 12.1 Å². The minimum Gasteiger partial charge on any atom is -0.508 e. The molecule has 0 heterocycles. The summed E-state index contributed by atoms with van der Waals surface area (Å²) in [6, 6.07) is 9.24. The number of phenols is 4. The summed E-state index contributed by atoms with van der Waals surface area (Å²) in [7, 11) is 0. The lowest BCUT2D eigenvalue weighted by atomic mass is 9.64. The number of hydrogen-bond donors (Lipinski definition) is 4. The summed E-state index contributed by atoms with van der Waals surface area (Å²) in [6.07, 6.45) is 4.74. The van der Waals surface area contributed by atoms with Gasteiger partial charge in [-0.1, -0.05) is 31.4 Å². The van der Waals surface area contributed by atoms with Crippen molar-refractivity contribution < 1.29 is 20.4 Å². The molecule has 22 heavy (non-hydrogen) atoms. The van der Waals surface area contributed by atoms with Crippen molar-refractivity contribution in [2.75, 3.05) is 0 Å². The first-order chi connectivity index (χ1) is 10.5. The molecule has 1 aliphatic rings. The molecule has 4 heteroatoms. The zero-order valence-corrected chi connectivity index (χ0v) is 12.3. The Morgan fingerprint density at radius 1 is 0.636 bits per heavy atom. The average Bonchev–Trinajstić information content (AvgIpc) is 2.47. The van der Waals surface area contributed by atoms with E-state index in [2.05, 4.69) is 0 Å². The van der Waals surface area contributed by atoms with Crippen LogP contribution in [0, 0.1) is 0 Å². The fourth-order valence-electron chi connectivity index (χ4n) is 3.69. The molecular weight excluding hydrogens is 280 g/mol. The second kappa shape index (κ2) is 5.44. The van der Waals surface area contributed by atoms with Gasteiger partial charge in [0, 0.05) is 28.7 Å². The molecule has 4 N–H and O–H groups in total. The standard InChI is InChI=1S/C18H20O4/c19-12-4-6-14(16(21)10-12)18(8-2-1-3-9-18)15-7-5-13(20)11-17(15)22/h4-7,10-11,19-22H,1-3,8-9H2. The molecule has 2 aromatic carbocycles. The van der Waals surface area contributed by atoms with Crippen molar-refractivity contribution in [2.24, 2.45) is 0 Å². The van der Waals surface area contributed by atoms with Gasteiger partial charge in [-0.3, -0.25) is 0 Å². The van der Waals surface area contributed by atoms with Crippen LogP contribution in [-0.2, 0) is 5.41 Å². The molecule has 0 radical (unpaired) electrons. The number of rotatable bonds is 2. The Labute approximate surface area is 129 Å². The minimum absolute atomic E-state index is 0.0159. The van der Waals surface area contributed by atoms with Crippen LogP contribution in [0.5, 0.6) is 23.0 Å². The van der Waals surface area contributed by atoms with Crippen molar-refractivity contribution in [1.82, 2.24) is 0 Å². The van der Waals surface area contributed by atoms with Crippen molar-refractivity contribution in [2.45, 2.75) is 37.5 Å². The highest BCUT2D eigenvalue weighted by Crippen LogP contribution is 2.51. The van der Waals surface area contributed by atoms with Crippen LogP contribution in [0.4, 0.5) is 0 Å². The van der Waals surface area contributed by atoms with Gasteiger partial charge in [0.25, 0.3) is 0 Å². The molecule has 0 amide bonds. The monoisotopic (exact) mass is 300 g/mol. The summed E-state index contributed by atoms with van der Waals surface area (Å²) in [6.45, 7) is 0. The molecular formula is C18H20O4. The maximum atomic E-state index is 10.3. The number of phenolic OH excluding ortho intramolecular Hbond substituents is 4. The predicted molar refractivity (Wildman–Crippen MR) is 83.4 cm³/mol. The topological polar surface area (TPSA) is 80.9 Å². The fourth-order valence-corrected chi connectivity index (χ4v) is 3.69. The maximum absolute atomic E-state index is 10.3. The molecule has 3 rings (SSSR count). The molecule has 1 saturated carbocycles. The van der Waals surface area contributed by atoms with Crippen LogP contribution in [-0.4, -0.2) is 20.4 Å². The zero-order valence-electron chi connectivity index (χ0n) is 12.3. The van der Waals surface area contributed by atoms with E-state index in [4.69, 9.17) is 0 Å². The van der Waals surface area contributed by atoms with E-state index in [1.807, 2.05) is 0 Å². The zero-order chi connectivity index (χ0) is 15.7. The Hall–Kier alpha value is -2.36. The van der Waals surface area contributed by atoms with Crippen molar-refractivity contribution in [3.8, 4) is 23.0 Å². The number of hydrogen-bond acceptors (Lipinski definition) is 4. The van der Waals surface area contributed by atoms with Gasteiger partial charge in [-0.25, -0.2) is 0 Å². The quantitative estimate of drug-likeness (QED) is 0.681. The molecule has 1 aliphatic carbocycles. The lowest BCUT2D eigenvalue weighted by Crippen LogP contribution is -2.30. The molecule has 0 spiro atoms. The Bertz CT molecular complexity index is 634. The second-order valence-corrected chi connectivity index (χ2v) is 6.05. The number of benzene rings is 2. The van der Waals surface area contributed by atoms with Gasteiger partial charge in [-0.15, -0.1) is 0 Å². The average molecular weight is 300 g/mol. The molecule has 1 fully saturated rings. The lowest BCUT2D eigenvalue weighted by Gasteiger charge is -2.39. The Balaban J connectivity index is 2.20. The van der Waals surface area contributed by atoms with E-state index in [9.17, 15) is 20.4 Å². The molecule has 0 aromatic heterocycles. The number of aromatic hydroxyl groups is 4. The third-order valence-electron chi connectivity index (χ3n) is 4.70. The van der Waals surface area contributed by atoms with Gasteiger partial charge in [0.05, 0.1) is 0 Å². The van der Waals surface area contributed by atoms with Gasteiger partial charge in [0.15, 0.2) is 0 Å². The molecule has 0 saturated heterocycles. The van der Waals surface area contributed by atoms with Crippen LogP contribution in [0.25, 0.3) is 0 Å². The first-order valence-electron chi connectivity index (χ1n) is 7.58. The summed E-state index contributed by atoms with van der Waals surface area (Å²) in [5.74, 6) is 0.105.